The van der Waals surface area contributed by atoms with Crippen LogP contribution in [0.2, 0.25) is 5.04 Å². The van der Waals surface area contributed by atoms with Gasteiger partial charge in [-0.1, -0.05) is 88.0 Å². The molecule has 2 aliphatic rings. The number of ether oxygens (including phenoxy) is 5. The molecule has 2 fully saturated rings. The molecule has 2 saturated heterocycles. The maximum atomic E-state index is 7.10. The molecule has 6 nitrogen and oxygen atoms in total. The molecule has 0 aliphatic carbocycles. The molecule has 0 unspecified atom stereocenters. The average Bonchev–Trinajstić information content (AvgIpc) is 3.28. The highest BCUT2D eigenvalue weighted by molar-refractivity contribution is 6.99. The van der Waals surface area contributed by atoms with E-state index in [2.05, 4.69) is 75.9 Å². The molecule has 2 heterocycles. The van der Waals surface area contributed by atoms with Gasteiger partial charge in [0.2, 0.25) is 0 Å². The first-order valence-electron chi connectivity index (χ1n) is 12.1. The Morgan fingerprint density at radius 2 is 1.54 bits per heavy atom. The molecule has 0 spiro atoms. The third-order valence-corrected chi connectivity index (χ3v) is 11.7. The highest BCUT2D eigenvalue weighted by Crippen LogP contribution is 2.42. The predicted octanol–water partition coefficient (Wildman–Crippen LogP) is 3.98. The summed E-state index contributed by atoms with van der Waals surface area (Å²) >= 11 is 0. The Morgan fingerprint density at radius 1 is 0.971 bits per heavy atom. The molecule has 35 heavy (non-hydrogen) atoms. The molecule has 4 rings (SSSR count). The van der Waals surface area contributed by atoms with Crippen LogP contribution >= 0.6 is 0 Å². The van der Waals surface area contributed by atoms with Crippen LogP contribution in [0.15, 0.2) is 72.8 Å². The fourth-order valence-electron chi connectivity index (χ4n) is 5.15. The second kappa shape index (κ2) is 10.3. The average molecular weight is 499 g/mol. The number of hydrogen-bond acceptors (Lipinski definition) is 6. The van der Waals surface area contributed by atoms with Gasteiger partial charge >= 0.3 is 0 Å². The van der Waals surface area contributed by atoms with Crippen molar-refractivity contribution in [1.82, 2.24) is 0 Å². The van der Waals surface area contributed by atoms with Crippen LogP contribution in [0.3, 0.4) is 0 Å². The van der Waals surface area contributed by atoms with Crippen molar-refractivity contribution >= 4 is 18.7 Å². The van der Waals surface area contributed by atoms with E-state index >= 15 is 0 Å². The fraction of sp³-hybridized carbons (Fsp3) is 0.500. The van der Waals surface area contributed by atoms with Crippen LogP contribution in [0.1, 0.15) is 34.6 Å². The molecular weight excluding hydrogens is 460 g/mol. The number of hydrogen-bond donors (Lipinski definition) is 0. The summed E-state index contributed by atoms with van der Waals surface area (Å²) in [6.45, 7) is 15.2. The Bertz CT molecular complexity index is 948. The maximum absolute atomic E-state index is 7.10. The van der Waals surface area contributed by atoms with Crippen LogP contribution in [0, 0.1) is 0 Å². The minimum absolute atomic E-state index is 0.116. The predicted molar refractivity (Wildman–Crippen MR) is 138 cm³/mol. The van der Waals surface area contributed by atoms with Gasteiger partial charge in [0.15, 0.2) is 12.1 Å². The molecule has 4 atom stereocenters. The molecule has 0 aromatic heterocycles. The first-order chi connectivity index (χ1) is 16.6. The molecule has 0 amide bonds. The van der Waals surface area contributed by atoms with E-state index in [1.165, 1.54) is 10.4 Å². The summed E-state index contributed by atoms with van der Waals surface area (Å²) in [6, 6.07) is 21.1. The number of rotatable bonds is 9. The van der Waals surface area contributed by atoms with Crippen molar-refractivity contribution in [3.05, 3.63) is 72.8 Å². The summed E-state index contributed by atoms with van der Waals surface area (Å²) in [5.74, 6) is -0.711. The van der Waals surface area contributed by atoms with Crippen molar-refractivity contribution in [2.45, 2.75) is 70.0 Å². The van der Waals surface area contributed by atoms with Gasteiger partial charge in [0, 0.05) is 7.11 Å². The minimum Gasteiger partial charge on any atom is -0.405 e. The molecular formula is C28H38O6Si. The van der Waals surface area contributed by atoms with Gasteiger partial charge < -0.3 is 28.1 Å². The van der Waals surface area contributed by atoms with Gasteiger partial charge in [-0.25, -0.2) is 0 Å². The van der Waals surface area contributed by atoms with Crippen molar-refractivity contribution in [3.8, 4) is 0 Å². The lowest BCUT2D eigenvalue weighted by molar-refractivity contribution is -0.218. The normalized spacial score (nSPS) is 25.0. The smallest absolute Gasteiger partial charge is 0.261 e. The van der Waals surface area contributed by atoms with Crippen LogP contribution in [0.5, 0.6) is 0 Å². The first-order valence-corrected chi connectivity index (χ1v) is 14.1. The van der Waals surface area contributed by atoms with E-state index < -0.39 is 32.6 Å². The SMILES string of the molecule is C=C1[C@H]2OC(C)(C)O[C@H]2O[C@@H]1[C@@H](CO[Si](c1ccccc1)(c1ccccc1)C(C)(C)C)OCOC. The number of benzene rings is 2. The highest BCUT2D eigenvalue weighted by atomic mass is 28.4. The second-order valence-corrected chi connectivity index (χ2v) is 14.9. The van der Waals surface area contributed by atoms with Crippen LogP contribution in [-0.4, -0.2) is 59.2 Å². The van der Waals surface area contributed by atoms with E-state index in [-0.39, 0.29) is 17.9 Å². The Balaban J connectivity index is 1.66. The van der Waals surface area contributed by atoms with Gasteiger partial charge in [0.1, 0.15) is 25.1 Å². The largest absolute Gasteiger partial charge is 0.405 e. The molecule has 2 aliphatic heterocycles. The van der Waals surface area contributed by atoms with E-state index in [1.807, 2.05) is 26.0 Å². The third kappa shape index (κ3) is 5.18. The quantitative estimate of drug-likeness (QED) is 0.296. The maximum Gasteiger partial charge on any atom is 0.261 e. The van der Waals surface area contributed by atoms with E-state index in [4.69, 9.17) is 28.1 Å². The number of methoxy groups -OCH3 is 1. The van der Waals surface area contributed by atoms with Crippen LogP contribution < -0.4 is 10.4 Å². The standard InChI is InChI=1S/C28H38O6Si/c1-20-24(32-26-25(20)33-28(5,6)34-26)23(30-19-29-7)18-31-35(27(2,3)4,21-14-10-8-11-15-21)22-16-12-9-13-17-22/h8-17,23-26H,1,18-19H2,2-7H3/t23-,24+,25-,26-/m1/s1. The molecule has 0 N–H and O–H groups in total. The summed E-state index contributed by atoms with van der Waals surface area (Å²) in [5.41, 5.74) is 0.799. The lowest BCUT2D eigenvalue weighted by atomic mass is 10.0. The Labute approximate surface area is 210 Å². The van der Waals surface area contributed by atoms with Crippen molar-refractivity contribution in [1.29, 1.82) is 0 Å². The monoisotopic (exact) mass is 498 g/mol. The first kappa shape index (κ1) is 26.2. The van der Waals surface area contributed by atoms with Gasteiger partial charge in [0.25, 0.3) is 8.32 Å². The molecule has 7 heteroatoms. The van der Waals surface area contributed by atoms with E-state index in [9.17, 15) is 0 Å². The highest BCUT2D eigenvalue weighted by Gasteiger charge is 2.54. The fourth-order valence-corrected chi connectivity index (χ4v) is 9.72. The lowest BCUT2D eigenvalue weighted by Crippen LogP contribution is -2.67. The molecule has 190 valence electrons. The summed E-state index contributed by atoms with van der Waals surface area (Å²) < 4.78 is 36.7. The summed E-state index contributed by atoms with van der Waals surface area (Å²) in [4.78, 5) is 0. The van der Waals surface area contributed by atoms with Crippen LogP contribution in [0.4, 0.5) is 0 Å². The van der Waals surface area contributed by atoms with Gasteiger partial charge in [-0.3, -0.25) is 0 Å². The van der Waals surface area contributed by atoms with Gasteiger partial charge in [0.05, 0.1) is 6.61 Å². The van der Waals surface area contributed by atoms with Crippen molar-refractivity contribution in [2.24, 2.45) is 0 Å². The van der Waals surface area contributed by atoms with E-state index in [0.29, 0.717) is 6.61 Å². The van der Waals surface area contributed by atoms with E-state index in [0.717, 1.165) is 5.57 Å². The minimum atomic E-state index is -2.74. The van der Waals surface area contributed by atoms with Crippen molar-refractivity contribution in [3.63, 3.8) is 0 Å². The zero-order chi connectivity index (χ0) is 25.3. The molecule has 0 saturated carbocycles. The Kier molecular flexibility index (Phi) is 7.69. The van der Waals surface area contributed by atoms with Gasteiger partial charge in [-0.15, -0.1) is 0 Å². The molecule has 2 aromatic carbocycles. The van der Waals surface area contributed by atoms with Gasteiger partial charge in [-0.2, -0.15) is 0 Å². The lowest BCUT2D eigenvalue weighted by Gasteiger charge is -2.44. The Morgan fingerprint density at radius 3 is 2.03 bits per heavy atom. The zero-order valence-electron chi connectivity index (χ0n) is 21.7. The van der Waals surface area contributed by atoms with E-state index in [1.54, 1.807) is 7.11 Å². The van der Waals surface area contributed by atoms with Crippen LogP contribution in [0.25, 0.3) is 0 Å². The molecule has 2 aromatic rings. The zero-order valence-corrected chi connectivity index (χ0v) is 22.7. The molecule has 0 bridgehead atoms. The molecule has 0 radical (unpaired) electrons. The summed E-state index contributed by atoms with van der Waals surface area (Å²) in [6.07, 6.45) is -1.72. The summed E-state index contributed by atoms with van der Waals surface area (Å²) in [7, 11) is -1.14. The van der Waals surface area contributed by atoms with Crippen molar-refractivity contribution < 1.29 is 28.1 Å². The number of fused-ring (bicyclic) bond motifs is 1. The van der Waals surface area contributed by atoms with Gasteiger partial charge in [-0.05, 0) is 34.8 Å². The third-order valence-electron chi connectivity index (χ3n) is 6.69. The topological polar surface area (TPSA) is 55.4 Å². The summed E-state index contributed by atoms with van der Waals surface area (Å²) in [5, 5.41) is 2.27. The van der Waals surface area contributed by atoms with Crippen LogP contribution in [-0.2, 0) is 28.1 Å². The van der Waals surface area contributed by atoms with Crippen molar-refractivity contribution in [2.75, 3.05) is 20.5 Å². The second-order valence-electron chi connectivity index (χ2n) is 10.6. The Hall–Kier alpha value is -1.84.